The van der Waals surface area contributed by atoms with Gasteiger partial charge in [0.1, 0.15) is 29.9 Å². The van der Waals surface area contributed by atoms with Crippen molar-refractivity contribution in [3.05, 3.63) is 138 Å². The van der Waals surface area contributed by atoms with Gasteiger partial charge in [-0.05, 0) is 116 Å². The van der Waals surface area contributed by atoms with Gasteiger partial charge in [0.2, 0.25) is 5.79 Å². The molecule has 2 aliphatic carbocycles. The average molecular weight is 810 g/mol. The van der Waals surface area contributed by atoms with Crippen LogP contribution in [0.25, 0.3) is 11.1 Å². The maximum atomic E-state index is 14.5. The summed E-state index contributed by atoms with van der Waals surface area (Å²) in [6.45, 7) is 6.64. The third-order valence-corrected chi connectivity index (χ3v) is 12.2. The van der Waals surface area contributed by atoms with Gasteiger partial charge >= 0.3 is 0 Å². The fourth-order valence-corrected chi connectivity index (χ4v) is 9.45. The summed E-state index contributed by atoms with van der Waals surface area (Å²) in [5, 5.41) is 34.0. The molecule has 0 aromatic heterocycles. The van der Waals surface area contributed by atoms with Gasteiger partial charge in [0.15, 0.2) is 0 Å². The third-order valence-electron chi connectivity index (χ3n) is 12.2. The number of unbranched alkanes of at least 4 members (excludes halogenated alkanes) is 2. The van der Waals surface area contributed by atoms with Crippen molar-refractivity contribution in [1.29, 1.82) is 5.26 Å². The number of hydrogen-bond donors (Lipinski definition) is 2. The minimum Gasteiger partial charge on any atom is -0.459 e. The van der Waals surface area contributed by atoms with E-state index in [-0.39, 0.29) is 43.5 Å². The fourth-order valence-electron chi connectivity index (χ4n) is 9.45. The molecule has 0 radical (unpaired) electrons. The number of ether oxygens (including phenoxy) is 3. The number of aliphatic hydroxyl groups excluding tert-OH is 2. The Morgan fingerprint density at radius 2 is 1.65 bits per heavy atom. The standard InChI is InChI=1S/C50H55N3O7/c1-4-29-57-50-46(53(3)49(56)37-19-17-34(33-51)18-20-37)32-44(52-58-5-2)42-30-38(15-9-11-27-54)41(16-10-12-28-55)47(48(42)50)43-31-40(25-26-45(43)60-50)59-39-23-21-36(22-24-39)35-13-7-6-8-14-35/h4,6-8,13-14,17-26,30-31,38,41,46-48,54-55H,1,5,9-12,15-16,27-29,32H2,2-3H3/t38-,41+,46-,47+,48+,50+/m0/s1. The topological polar surface area (TPSA) is 134 Å². The van der Waals surface area contributed by atoms with E-state index in [0.717, 1.165) is 53.7 Å². The van der Waals surface area contributed by atoms with Crippen molar-refractivity contribution in [2.75, 3.05) is 33.5 Å². The molecule has 7 rings (SSSR count). The molecule has 0 spiro atoms. The van der Waals surface area contributed by atoms with Crippen LogP contribution in [0.15, 0.2) is 127 Å². The quantitative estimate of drug-likeness (QED) is 0.0577. The van der Waals surface area contributed by atoms with Gasteiger partial charge in [-0.1, -0.05) is 72.6 Å². The van der Waals surface area contributed by atoms with Crippen molar-refractivity contribution in [3.63, 3.8) is 0 Å². The Hall–Kier alpha value is -5.73. The van der Waals surface area contributed by atoms with E-state index >= 15 is 0 Å². The van der Waals surface area contributed by atoms with Crippen molar-refractivity contribution in [2.24, 2.45) is 22.9 Å². The summed E-state index contributed by atoms with van der Waals surface area (Å²) in [5.41, 5.74) is 5.78. The van der Waals surface area contributed by atoms with E-state index in [0.29, 0.717) is 54.2 Å². The monoisotopic (exact) mass is 809 g/mol. The van der Waals surface area contributed by atoms with Crippen molar-refractivity contribution >= 4 is 11.6 Å². The lowest BCUT2D eigenvalue weighted by Crippen LogP contribution is -2.69. The first-order chi connectivity index (χ1) is 29.3. The molecule has 10 nitrogen and oxygen atoms in total. The highest BCUT2D eigenvalue weighted by Gasteiger charge is 2.65. The molecule has 1 fully saturated rings. The van der Waals surface area contributed by atoms with E-state index in [9.17, 15) is 20.3 Å². The van der Waals surface area contributed by atoms with Gasteiger partial charge in [-0.3, -0.25) is 4.79 Å². The molecule has 10 heteroatoms. The molecular weight excluding hydrogens is 755 g/mol. The molecule has 1 aliphatic heterocycles. The summed E-state index contributed by atoms with van der Waals surface area (Å²) in [6, 6.07) is 32.3. The number of amides is 1. The van der Waals surface area contributed by atoms with E-state index < -0.39 is 17.7 Å². The highest BCUT2D eigenvalue weighted by Crippen LogP contribution is 2.62. The maximum absolute atomic E-state index is 14.5. The van der Waals surface area contributed by atoms with Crippen LogP contribution in [0.2, 0.25) is 0 Å². The van der Waals surface area contributed by atoms with E-state index in [1.807, 2.05) is 49.4 Å². The van der Waals surface area contributed by atoms with Gasteiger partial charge in [0, 0.05) is 43.7 Å². The Kier molecular flexibility index (Phi) is 13.8. The highest BCUT2D eigenvalue weighted by molar-refractivity contribution is 6.03. The van der Waals surface area contributed by atoms with Gasteiger partial charge in [-0.2, -0.15) is 5.26 Å². The number of allylic oxidation sites excluding steroid dienone is 1. The van der Waals surface area contributed by atoms with Gasteiger partial charge < -0.3 is 34.2 Å². The molecule has 1 heterocycles. The molecule has 1 saturated carbocycles. The Morgan fingerprint density at radius 1 is 0.950 bits per heavy atom. The van der Waals surface area contributed by atoms with Crippen molar-refractivity contribution in [2.45, 2.75) is 69.6 Å². The summed E-state index contributed by atoms with van der Waals surface area (Å²) >= 11 is 0. The van der Waals surface area contributed by atoms with Crippen LogP contribution in [0.4, 0.5) is 0 Å². The second-order valence-electron chi connectivity index (χ2n) is 15.8. The molecule has 60 heavy (non-hydrogen) atoms. The average Bonchev–Trinajstić information content (AvgIpc) is 3.29. The van der Waals surface area contributed by atoms with Crippen molar-refractivity contribution in [1.82, 2.24) is 4.90 Å². The van der Waals surface area contributed by atoms with Crippen LogP contribution in [0.5, 0.6) is 17.2 Å². The van der Waals surface area contributed by atoms with Crippen molar-refractivity contribution in [3.8, 4) is 34.4 Å². The zero-order valence-electron chi connectivity index (χ0n) is 34.5. The summed E-state index contributed by atoms with van der Waals surface area (Å²) in [6.07, 6.45) is 8.99. The molecule has 6 atom stereocenters. The van der Waals surface area contributed by atoms with Crippen LogP contribution >= 0.6 is 0 Å². The lowest BCUT2D eigenvalue weighted by atomic mass is 9.55. The number of fused-ring (bicyclic) bond motifs is 2. The largest absolute Gasteiger partial charge is 0.459 e. The number of likely N-dealkylation sites (N-methyl/N-ethyl adjacent to an activating group) is 1. The first kappa shape index (κ1) is 42.4. The molecule has 312 valence electrons. The van der Waals surface area contributed by atoms with Crippen LogP contribution in [0.1, 0.15) is 79.3 Å². The Labute approximate surface area is 353 Å². The van der Waals surface area contributed by atoms with E-state index in [4.69, 9.17) is 24.2 Å². The minimum atomic E-state index is -1.37. The molecule has 3 aliphatic rings. The summed E-state index contributed by atoms with van der Waals surface area (Å²) in [4.78, 5) is 22.0. The maximum Gasteiger partial charge on any atom is 0.254 e. The van der Waals surface area contributed by atoms with Crippen LogP contribution in [0, 0.1) is 29.1 Å². The molecule has 1 amide bonds. The van der Waals surface area contributed by atoms with Crippen LogP contribution < -0.4 is 9.47 Å². The van der Waals surface area contributed by atoms with Gasteiger partial charge in [0.05, 0.1) is 29.9 Å². The zero-order valence-corrected chi connectivity index (χ0v) is 34.5. The number of rotatable bonds is 18. The molecule has 2 N–H and O–H groups in total. The van der Waals surface area contributed by atoms with Crippen molar-refractivity contribution < 1.29 is 34.1 Å². The van der Waals surface area contributed by atoms with Crippen LogP contribution in [-0.4, -0.2) is 72.0 Å². The predicted molar refractivity (Wildman–Crippen MR) is 232 cm³/mol. The zero-order chi connectivity index (χ0) is 42.1. The molecule has 0 unspecified atom stereocenters. The molecule has 4 aromatic carbocycles. The molecule has 0 bridgehead atoms. The van der Waals surface area contributed by atoms with Crippen LogP contribution in [-0.2, 0) is 9.57 Å². The van der Waals surface area contributed by atoms with Crippen LogP contribution in [0.3, 0.4) is 0 Å². The number of aliphatic hydroxyl groups is 2. The highest BCUT2D eigenvalue weighted by atomic mass is 16.7. The second kappa shape index (κ2) is 19.6. The third kappa shape index (κ3) is 8.76. The summed E-state index contributed by atoms with van der Waals surface area (Å²) in [5.74, 6) is -0.0653. The first-order valence-electron chi connectivity index (χ1n) is 21.2. The Bertz CT molecular complexity index is 2200. The molecular formula is C50H55N3O7. The summed E-state index contributed by atoms with van der Waals surface area (Å²) in [7, 11) is 1.77. The molecule has 0 saturated heterocycles. The summed E-state index contributed by atoms with van der Waals surface area (Å²) < 4.78 is 20.8. The number of nitriles is 1. The normalized spacial score (nSPS) is 23.3. The van der Waals surface area contributed by atoms with E-state index in [1.54, 1.807) is 42.3 Å². The number of carbonyl (C=O) groups excluding carboxylic acids is 1. The number of hydrogen-bond acceptors (Lipinski definition) is 9. The minimum absolute atomic E-state index is 0.0744. The smallest absolute Gasteiger partial charge is 0.254 e. The number of nitrogens with zero attached hydrogens (tertiary/aromatic N) is 3. The number of oxime groups is 1. The SMILES string of the molecule is C=CCO[C@@]12Oc3ccc(Oc4ccc(-c5ccccc5)cc4)cc3[C@H]3[C@H](CCCCO)[C@@H](CCCCO)C=C(C(=NOCC)C[C@@H]1N(C)C(=O)c1ccc(C#N)cc1)[C@H]32. The Morgan fingerprint density at radius 3 is 2.33 bits per heavy atom. The first-order valence-corrected chi connectivity index (χ1v) is 21.2. The van der Waals surface area contributed by atoms with Gasteiger partial charge in [0.25, 0.3) is 5.91 Å². The lowest BCUT2D eigenvalue weighted by Gasteiger charge is -2.59. The molecule has 4 aromatic rings. The number of carbonyl (C=O) groups is 1. The van der Waals surface area contributed by atoms with Gasteiger partial charge in [-0.25, -0.2) is 0 Å². The lowest BCUT2D eigenvalue weighted by molar-refractivity contribution is -0.252. The number of benzene rings is 4. The van der Waals surface area contributed by atoms with E-state index in [1.165, 1.54) is 0 Å². The van der Waals surface area contributed by atoms with E-state index in [2.05, 4.69) is 49.1 Å². The fraction of sp³-hybridized carbons (Fsp3) is 0.380. The Balaban J connectivity index is 1.38. The predicted octanol–water partition coefficient (Wildman–Crippen LogP) is 9.44. The van der Waals surface area contributed by atoms with Gasteiger partial charge in [-0.15, -0.1) is 6.58 Å². The second-order valence-corrected chi connectivity index (χ2v) is 15.8.